The molecule has 2 aromatic rings. The zero-order valence-electron chi connectivity index (χ0n) is 13.3. The minimum absolute atomic E-state index is 0.146. The zero-order chi connectivity index (χ0) is 17.6. The molecule has 5 nitrogen and oxygen atoms in total. The molecule has 2 N–H and O–H groups in total. The van der Waals surface area contributed by atoms with Crippen molar-refractivity contribution in [3.63, 3.8) is 0 Å². The van der Waals surface area contributed by atoms with E-state index in [9.17, 15) is 14.7 Å². The topological polar surface area (TPSA) is 79.3 Å². The molecule has 1 heterocycles. The Morgan fingerprint density at radius 3 is 2.52 bits per heavy atom. The Hall–Kier alpha value is -1.73. The van der Waals surface area contributed by atoms with Gasteiger partial charge in [-0.3, -0.25) is 9.59 Å². The fourth-order valence-electron chi connectivity index (χ4n) is 4.30. The van der Waals surface area contributed by atoms with Gasteiger partial charge >= 0.3 is 5.97 Å². The number of halogens is 1. The van der Waals surface area contributed by atoms with Crippen LogP contribution in [0.4, 0.5) is 5.13 Å². The first-order chi connectivity index (χ1) is 12.0. The normalized spacial score (nSPS) is 27.4. The maximum Gasteiger partial charge on any atom is 0.307 e. The van der Waals surface area contributed by atoms with Gasteiger partial charge in [0.25, 0.3) is 0 Å². The first-order valence-corrected chi connectivity index (χ1v) is 9.95. The quantitative estimate of drug-likeness (QED) is 0.774. The van der Waals surface area contributed by atoms with E-state index in [2.05, 4.69) is 26.2 Å². The third-order valence-corrected chi connectivity index (χ3v) is 6.66. The number of thiazole rings is 1. The van der Waals surface area contributed by atoms with Crippen LogP contribution in [0.2, 0.25) is 0 Å². The Labute approximate surface area is 157 Å². The zero-order valence-corrected chi connectivity index (χ0v) is 15.7. The molecule has 4 rings (SSSR count). The van der Waals surface area contributed by atoms with Crippen molar-refractivity contribution in [1.82, 2.24) is 4.98 Å². The summed E-state index contributed by atoms with van der Waals surface area (Å²) in [7, 11) is 0. The minimum Gasteiger partial charge on any atom is -0.481 e. The number of carboxylic acid groups (broad SMARTS) is 1. The summed E-state index contributed by atoms with van der Waals surface area (Å²) in [4.78, 5) is 28.8. The Morgan fingerprint density at radius 1 is 1.16 bits per heavy atom. The number of aliphatic carboxylic acids is 1. The molecule has 2 fully saturated rings. The van der Waals surface area contributed by atoms with Crippen molar-refractivity contribution in [3.05, 3.63) is 34.1 Å². The molecule has 130 valence electrons. The number of nitrogens with one attached hydrogen (secondary N) is 1. The summed E-state index contributed by atoms with van der Waals surface area (Å²) in [6.07, 6.45) is 2.74. The number of hydrogen-bond acceptors (Lipinski definition) is 4. The minimum atomic E-state index is -0.845. The van der Waals surface area contributed by atoms with Gasteiger partial charge in [-0.05, 0) is 43.2 Å². The van der Waals surface area contributed by atoms with Crippen LogP contribution in [0.15, 0.2) is 34.1 Å². The fraction of sp³-hybridized carbons (Fsp3) is 0.389. The fourth-order valence-corrected chi connectivity index (χ4v) is 5.28. The molecule has 0 unspecified atom stereocenters. The number of hydrogen-bond donors (Lipinski definition) is 2. The maximum atomic E-state index is 12.7. The lowest BCUT2D eigenvalue weighted by Crippen LogP contribution is -2.37. The Kier molecular flexibility index (Phi) is 4.37. The molecule has 0 radical (unpaired) electrons. The van der Waals surface area contributed by atoms with E-state index in [4.69, 9.17) is 0 Å². The van der Waals surface area contributed by atoms with Crippen molar-refractivity contribution in [2.75, 3.05) is 5.32 Å². The van der Waals surface area contributed by atoms with Gasteiger partial charge in [-0.15, -0.1) is 11.3 Å². The molecule has 1 aromatic heterocycles. The molecule has 2 aliphatic carbocycles. The van der Waals surface area contributed by atoms with Crippen LogP contribution in [0.1, 0.15) is 19.3 Å². The monoisotopic (exact) mass is 420 g/mol. The lowest BCUT2D eigenvalue weighted by molar-refractivity contribution is -0.148. The second kappa shape index (κ2) is 6.53. The van der Waals surface area contributed by atoms with E-state index in [1.54, 1.807) is 0 Å². The standard InChI is InChI=1S/C18H17BrN2O3S/c19-12-5-3-9(4-6-12)13-8-25-18(20-13)21-16(22)14-10-1-2-11(7-10)15(14)17(23)24/h3-6,8,10-11,14-15H,1-2,7H2,(H,23,24)(H,20,21,22)/t10-,11-,14-,15-/m0/s1. The Balaban J connectivity index is 1.50. The van der Waals surface area contributed by atoms with Crippen LogP contribution in [0.25, 0.3) is 11.3 Å². The lowest BCUT2D eigenvalue weighted by Gasteiger charge is -2.26. The second-order valence-corrected chi connectivity index (χ2v) is 8.53. The van der Waals surface area contributed by atoms with Crippen molar-refractivity contribution in [1.29, 1.82) is 0 Å². The lowest BCUT2D eigenvalue weighted by atomic mass is 9.79. The smallest absolute Gasteiger partial charge is 0.307 e. The van der Waals surface area contributed by atoms with E-state index in [1.807, 2.05) is 29.6 Å². The number of carbonyl (C=O) groups is 2. The summed E-state index contributed by atoms with van der Waals surface area (Å²) in [5, 5.41) is 14.8. The van der Waals surface area contributed by atoms with E-state index >= 15 is 0 Å². The number of amides is 1. The van der Waals surface area contributed by atoms with Gasteiger partial charge in [-0.2, -0.15) is 0 Å². The van der Waals surface area contributed by atoms with Gasteiger partial charge in [0.05, 0.1) is 17.5 Å². The highest BCUT2D eigenvalue weighted by Crippen LogP contribution is 2.52. The average Bonchev–Trinajstić information content (AvgIpc) is 3.30. The van der Waals surface area contributed by atoms with Crippen molar-refractivity contribution >= 4 is 44.3 Å². The summed E-state index contributed by atoms with van der Waals surface area (Å²) in [6.45, 7) is 0. The number of benzene rings is 1. The largest absolute Gasteiger partial charge is 0.481 e. The van der Waals surface area contributed by atoms with Gasteiger partial charge in [0.15, 0.2) is 5.13 Å². The molecule has 25 heavy (non-hydrogen) atoms. The van der Waals surface area contributed by atoms with Crippen molar-refractivity contribution in [3.8, 4) is 11.3 Å². The summed E-state index contributed by atoms with van der Waals surface area (Å²) in [5.41, 5.74) is 1.78. The average molecular weight is 421 g/mol. The highest BCUT2D eigenvalue weighted by Gasteiger charge is 2.54. The van der Waals surface area contributed by atoms with Crippen LogP contribution in [-0.2, 0) is 9.59 Å². The summed E-state index contributed by atoms with van der Waals surface area (Å²) in [6, 6.07) is 7.81. The number of anilines is 1. The Bertz CT molecular complexity index is 820. The van der Waals surface area contributed by atoms with Gasteiger partial charge in [-0.25, -0.2) is 4.98 Å². The molecule has 2 saturated carbocycles. The number of fused-ring (bicyclic) bond motifs is 2. The molecular weight excluding hydrogens is 404 g/mol. The molecule has 1 amide bonds. The summed E-state index contributed by atoms with van der Waals surface area (Å²) >= 11 is 4.77. The van der Waals surface area contributed by atoms with Gasteiger partial charge < -0.3 is 10.4 Å². The van der Waals surface area contributed by atoms with E-state index in [0.717, 1.165) is 35.0 Å². The molecule has 0 aliphatic heterocycles. The molecule has 2 bridgehead atoms. The van der Waals surface area contributed by atoms with Crippen LogP contribution in [0.3, 0.4) is 0 Å². The van der Waals surface area contributed by atoms with Gasteiger partial charge in [-0.1, -0.05) is 28.1 Å². The first kappa shape index (κ1) is 16.7. The van der Waals surface area contributed by atoms with Gasteiger partial charge in [0.2, 0.25) is 5.91 Å². The van der Waals surface area contributed by atoms with Crippen molar-refractivity contribution < 1.29 is 14.7 Å². The van der Waals surface area contributed by atoms with E-state index < -0.39 is 17.8 Å². The molecule has 4 atom stereocenters. The maximum absolute atomic E-state index is 12.7. The summed E-state index contributed by atoms with van der Waals surface area (Å²) in [5.74, 6) is -1.69. The van der Waals surface area contributed by atoms with E-state index in [0.29, 0.717) is 5.13 Å². The highest BCUT2D eigenvalue weighted by molar-refractivity contribution is 9.10. The molecule has 0 saturated heterocycles. The van der Waals surface area contributed by atoms with Crippen molar-refractivity contribution in [2.24, 2.45) is 23.7 Å². The highest BCUT2D eigenvalue weighted by atomic mass is 79.9. The predicted molar refractivity (Wildman–Crippen MR) is 99.3 cm³/mol. The Morgan fingerprint density at radius 2 is 1.84 bits per heavy atom. The van der Waals surface area contributed by atoms with Crippen LogP contribution in [0.5, 0.6) is 0 Å². The predicted octanol–water partition coefficient (Wildman–Crippen LogP) is 4.26. The number of carbonyl (C=O) groups excluding carboxylic acids is 1. The van der Waals surface area contributed by atoms with Crippen molar-refractivity contribution in [2.45, 2.75) is 19.3 Å². The van der Waals surface area contributed by atoms with E-state index in [1.165, 1.54) is 11.3 Å². The molecule has 2 aliphatic rings. The molecule has 0 spiro atoms. The third kappa shape index (κ3) is 3.11. The first-order valence-electron chi connectivity index (χ1n) is 8.28. The third-order valence-electron chi connectivity index (χ3n) is 5.38. The van der Waals surface area contributed by atoms with Gasteiger partial charge in [0, 0.05) is 15.4 Å². The SMILES string of the molecule is O=C(O)[C@H]1[C@H]2CC[C@@H](C2)[C@@H]1C(=O)Nc1nc(-c2ccc(Br)cc2)cs1. The van der Waals surface area contributed by atoms with Crippen LogP contribution < -0.4 is 5.32 Å². The van der Waals surface area contributed by atoms with E-state index in [-0.39, 0.29) is 17.7 Å². The van der Waals surface area contributed by atoms with Crippen LogP contribution in [0, 0.1) is 23.7 Å². The second-order valence-electron chi connectivity index (χ2n) is 6.76. The summed E-state index contributed by atoms with van der Waals surface area (Å²) < 4.78 is 0.996. The molecular formula is C18H17BrN2O3S. The van der Waals surface area contributed by atoms with Crippen LogP contribution in [-0.4, -0.2) is 22.0 Å². The van der Waals surface area contributed by atoms with Gasteiger partial charge in [0.1, 0.15) is 0 Å². The number of carboxylic acids is 1. The molecule has 7 heteroatoms. The molecule has 1 aromatic carbocycles. The number of aromatic nitrogens is 1. The number of rotatable bonds is 4. The number of nitrogens with zero attached hydrogens (tertiary/aromatic N) is 1. The van der Waals surface area contributed by atoms with Crippen LogP contribution >= 0.6 is 27.3 Å².